The minimum atomic E-state index is -0.208. The molecule has 0 N–H and O–H groups in total. The summed E-state index contributed by atoms with van der Waals surface area (Å²) in [5.74, 6) is 0.369. The zero-order valence-electron chi connectivity index (χ0n) is 13.4. The molecule has 1 aliphatic heterocycles. The highest BCUT2D eigenvalue weighted by atomic mass is 32.1. The van der Waals surface area contributed by atoms with Crippen LogP contribution in [0.15, 0.2) is 24.3 Å². The second-order valence-corrected chi connectivity index (χ2v) is 6.94. The zero-order valence-corrected chi connectivity index (χ0v) is 14.2. The van der Waals surface area contributed by atoms with E-state index in [9.17, 15) is 4.39 Å². The maximum Gasteiger partial charge on any atom is 0.208 e. The van der Waals surface area contributed by atoms with E-state index in [0.29, 0.717) is 12.3 Å². The molecule has 1 aromatic heterocycles. The predicted octanol–water partition coefficient (Wildman–Crippen LogP) is 3.52. The van der Waals surface area contributed by atoms with Gasteiger partial charge in [-0.05, 0) is 43.4 Å². The largest absolute Gasteiger partial charge is 0.381 e. The fraction of sp³-hybridized carbons (Fsp3) is 0.529. The molecule has 1 saturated heterocycles. The van der Waals surface area contributed by atoms with Gasteiger partial charge in [-0.2, -0.15) is 0 Å². The summed E-state index contributed by atoms with van der Waals surface area (Å²) in [5.41, 5.74) is 1.06. The van der Waals surface area contributed by atoms with E-state index in [4.69, 9.17) is 4.74 Å². The van der Waals surface area contributed by atoms with Crippen LogP contribution >= 0.6 is 11.3 Å². The van der Waals surface area contributed by atoms with Gasteiger partial charge < -0.3 is 9.64 Å². The van der Waals surface area contributed by atoms with E-state index >= 15 is 0 Å². The summed E-state index contributed by atoms with van der Waals surface area (Å²) in [4.78, 5) is 2.32. The van der Waals surface area contributed by atoms with Crippen LogP contribution < -0.4 is 4.90 Å². The number of anilines is 1. The van der Waals surface area contributed by atoms with E-state index in [2.05, 4.69) is 15.1 Å². The fourth-order valence-corrected chi connectivity index (χ4v) is 3.79. The molecule has 0 aliphatic carbocycles. The summed E-state index contributed by atoms with van der Waals surface area (Å²) in [6, 6.07) is 6.57. The van der Waals surface area contributed by atoms with Crippen LogP contribution in [0.25, 0.3) is 0 Å². The Morgan fingerprint density at radius 1 is 1.30 bits per heavy atom. The second-order valence-electron chi connectivity index (χ2n) is 5.90. The molecule has 2 heterocycles. The molecule has 0 spiro atoms. The predicted molar refractivity (Wildman–Crippen MR) is 90.5 cm³/mol. The lowest BCUT2D eigenvalue weighted by molar-refractivity contribution is 0.104. The molecule has 124 valence electrons. The molecule has 1 fully saturated rings. The third kappa shape index (κ3) is 4.48. The van der Waals surface area contributed by atoms with Gasteiger partial charge in [0.15, 0.2) is 0 Å². The van der Waals surface area contributed by atoms with E-state index in [-0.39, 0.29) is 5.82 Å². The molecule has 4 nitrogen and oxygen atoms in total. The Morgan fingerprint density at radius 3 is 2.91 bits per heavy atom. The quantitative estimate of drug-likeness (QED) is 0.809. The molecular weight excluding hydrogens is 313 g/mol. The van der Waals surface area contributed by atoms with E-state index < -0.39 is 0 Å². The van der Waals surface area contributed by atoms with Gasteiger partial charge in [0, 0.05) is 26.1 Å². The smallest absolute Gasteiger partial charge is 0.208 e. The number of hydrogen-bond donors (Lipinski definition) is 0. The number of hydrogen-bond acceptors (Lipinski definition) is 5. The Hall–Kier alpha value is -1.53. The summed E-state index contributed by atoms with van der Waals surface area (Å²) in [7, 11) is 0. The standard InChI is InChI=1S/C17H22FN3OS/c1-2-22-12-14-4-3-9-21(11-14)17-20-19-16(23-17)10-13-5-7-15(18)8-6-13/h5-8,14H,2-4,9-12H2,1H3. The highest BCUT2D eigenvalue weighted by molar-refractivity contribution is 7.15. The van der Waals surface area contributed by atoms with E-state index in [0.717, 1.165) is 42.0 Å². The maximum absolute atomic E-state index is 13.0. The van der Waals surface area contributed by atoms with Crippen molar-refractivity contribution in [2.45, 2.75) is 26.2 Å². The van der Waals surface area contributed by atoms with Crippen LogP contribution in [0.4, 0.5) is 9.52 Å². The molecule has 1 aliphatic rings. The number of rotatable bonds is 6. The van der Waals surface area contributed by atoms with Gasteiger partial charge in [0.05, 0.1) is 6.61 Å². The lowest BCUT2D eigenvalue weighted by Crippen LogP contribution is -2.37. The van der Waals surface area contributed by atoms with Gasteiger partial charge in [0.1, 0.15) is 10.8 Å². The Labute approximate surface area is 140 Å². The van der Waals surface area contributed by atoms with Gasteiger partial charge >= 0.3 is 0 Å². The third-order valence-corrected chi connectivity index (χ3v) is 5.06. The molecular formula is C17H22FN3OS. The topological polar surface area (TPSA) is 38.2 Å². The lowest BCUT2D eigenvalue weighted by Gasteiger charge is -2.31. The third-order valence-electron chi connectivity index (χ3n) is 4.07. The van der Waals surface area contributed by atoms with Gasteiger partial charge in [0.25, 0.3) is 0 Å². The average molecular weight is 335 g/mol. The molecule has 1 unspecified atom stereocenters. The first-order valence-corrected chi connectivity index (χ1v) is 8.95. The number of halogens is 1. The average Bonchev–Trinajstić information content (AvgIpc) is 3.04. The summed E-state index contributed by atoms with van der Waals surface area (Å²) in [5, 5.41) is 10.6. The van der Waals surface area contributed by atoms with Gasteiger partial charge in [-0.25, -0.2) is 4.39 Å². The van der Waals surface area contributed by atoms with Crippen molar-refractivity contribution in [3.8, 4) is 0 Å². The van der Waals surface area contributed by atoms with Gasteiger partial charge in [-0.3, -0.25) is 0 Å². The van der Waals surface area contributed by atoms with Crippen LogP contribution in [-0.4, -0.2) is 36.5 Å². The fourth-order valence-electron chi connectivity index (χ4n) is 2.88. The highest BCUT2D eigenvalue weighted by Gasteiger charge is 2.22. The van der Waals surface area contributed by atoms with Gasteiger partial charge in [-0.1, -0.05) is 23.5 Å². The molecule has 6 heteroatoms. The van der Waals surface area contributed by atoms with Crippen molar-refractivity contribution in [2.24, 2.45) is 5.92 Å². The summed E-state index contributed by atoms with van der Waals surface area (Å²) < 4.78 is 18.5. The van der Waals surface area contributed by atoms with Crippen LogP contribution in [0.5, 0.6) is 0 Å². The Bertz CT molecular complexity index is 617. The van der Waals surface area contributed by atoms with Crippen molar-refractivity contribution in [3.63, 3.8) is 0 Å². The Balaban J connectivity index is 1.60. The molecule has 0 bridgehead atoms. The Morgan fingerprint density at radius 2 is 2.13 bits per heavy atom. The van der Waals surface area contributed by atoms with Crippen LogP contribution in [0.1, 0.15) is 30.3 Å². The summed E-state index contributed by atoms with van der Waals surface area (Å²) >= 11 is 1.63. The molecule has 0 amide bonds. The van der Waals surface area contributed by atoms with Crippen LogP contribution in [0.3, 0.4) is 0 Å². The molecule has 0 saturated carbocycles. The lowest BCUT2D eigenvalue weighted by atomic mass is 9.99. The van der Waals surface area contributed by atoms with Crippen molar-refractivity contribution in [3.05, 3.63) is 40.7 Å². The molecule has 2 aromatic rings. The Kier molecular flexibility index (Phi) is 5.56. The van der Waals surface area contributed by atoms with Gasteiger partial charge in [-0.15, -0.1) is 10.2 Å². The number of nitrogens with zero attached hydrogens (tertiary/aromatic N) is 3. The summed E-state index contributed by atoms with van der Waals surface area (Å²) in [6.07, 6.45) is 3.09. The molecule has 0 radical (unpaired) electrons. The first-order valence-electron chi connectivity index (χ1n) is 8.14. The maximum atomic E-state index is 13.0. The van der Waals surface area contributed by atoms with Crippen molar-refractivity contribution >= 4 is 16.5 Å². The molecule has 23 heavy (non-hydrogen) atoms. The van der Waals surface area contributed by atoms with Crippen molar-refractivity contribution in [1.82, 2.24) is 10.2 Å². The number of ether oxygens (including phenoxy) is 1. The first kappa shape index (κ1) is 16.3. The van der Waals surface area contributed by atoms with Crippen LogP contribution in [0.2, 0.25) is 0 Å². The first-order chi connectivity index (χ1) is 11.2. The number of piperidine rings is 1. The van der Waals surface area contributed by atoms with Crippen molar-refractivity contribution < 1.29 is 9.13 Å². The normalized spacial score (nSPS) is 18.3. The molecule has 3 rings (SSSR count). The second kappa shape index (κ2) is 7.84. The number of benzene rings is 1. The monoisotopic (exact) mass is 335 g/mol. The van der Waals surface area contributed by atoms with Crippen LogP contribution in [0, 0.1) is 11.7 Å². The number of aromatic nitrogens is 2. The molecule has 1 atom stereocenters. The minimum absolute atomic E-state index is 0.208. The SMILES string of the molecule is CCOCC1CCCN(c2nnc(Cc3ccc(F)cc3)s2)C1. The van der Waals surface area contributed by atoms with E-state index in [1.165, 1.54) is 25.0 Å². The zero-order chi connectivity index (χ0) is 16.1. The van der Waals surface area contributed by atoms with E-state index in [1.807, 2.05) is 6.92 Å². The highest BCUT2D eigenvalue weighted by Crippen LogP contribution is 2.27. The minimum Gasteiger partial charge on any atom is -0.381 e. The van der Waals surface area contributed by atoms with Gasteiger partial charge in [0.2, 0.25) is 5.13 Å². The summed E-state index contributed by atoms with van der Waals surface area (Å²) in [6.45, 7) is 5.66. The van der Waals surface area contributed by atoms with Crippen molar-refractivity contribution in [2.75, 3.05) is 31.2 Å². The van der Waals surface area contributed by atoms with E-state index in [1.54, 1.807) is 23.5 Å². The van der Waals surface area contributed by atoms with Crippen LogP contribution in [-0.2, 0) is 11.2 Å². The molecule has 1 aromatic carbocycles. The van der Waals surface area contributed by atoms with Crippen molar-refractivity contribution in [1.29, 1.82) is 0 Å².